The first-order valence-electron chi connectivity index (χ1n) is 26.8. The van der Waals surface area contributed by atoms with Crippen LogP contribution in [0.5, 0.6) is 0 Å². The molecule has 356 valence electrons. The Morgan fingerprint density at radius 2 is 0.986 bits per heavy atom. The van der Waals surface area contributed by atoms with Crippen molar-refractivity contribution in [2.75, 3.05) is 5.32 Å². The van der Waals surface area contributed by atoms with Gasteiger partial charge in [0.15, 0.2) is 7.28 Å². The summed E-state index contributed by atoms with van der Waals surface area (Å²) in [5, 5.41) is 6.77. The molecule has 1 aromatic heterocycles. The van der Waals surface area contributed by atoms with Crippen LogP contribution >= 0.6 is 0 Å². The number of fused-ring (bicyclic) bond motifs is 15. The summed E-state index contributed by atoms with van der Waals surface area (Å²) in [7, 11) is 0.849. The van der Waals surface area contributed by atoms with Gasteiger partial charge in [0, 0.05) is 55.2 Å². The first-order chi connectivity index (χ1) is 34.1. The molecule has 0 unspecified atom stereocenters. The van der Waals surface area contributed by atoms with E-state index < -0.39 is 0 Å². The molecule has 1 aliphatic heterocycles. The van der Waals surface area contributed by atoms with E-state index in [1.165, 1.54) is 146 Å². The molecule has 2 heterocycles. The lowest BCUT2D eigenvalue weighted by atomic mass is 9.58. The molecule has 2 nitrogen and oxygen atoms in total. The van der Waals surface area contributed by atoms with Crippen molar-refractivity contribution >= 4 is 51.4 Å². The third-order valence-corrected chi connectivity index (χ3v) is 19.2. The van der Waals surface area contributed by atoms with Gasteiger partial charge in [-0.25, -0.2) is 0 Å². The highest BCUT2D eigenvalue weighted by molar-refractivity contribution is 6.73. The summed E-state index contributed by atoms with van der Waals surface area (Å²) in [6.07, 6.45) is 2.40. The lowest BCUT2D eigenvalue weighted by Gasteiger charge is -2.42. The summed E-state index contributed by atoms with van der Waals surface area (Å²) in [6.45, 7) is 31.4. The van der Waals surface area contributed by atoms with Gasteiger partial charge in [0.05, 0.1) is 5.52 Å². The van der Waals surface area contributed by atoms with Gasteiger partial charge < -0.3 is 9.88 Å². The quantitative estimate of drug-likeness (QED) is 0.175. The molecule has 9 aromatic rings. The van der Waals surface area contributed by atoms with Gasteiger partial charge in [-0.05, 0) is 172 Å². The minimum atomic E-state index is -0.177. The zero-order valence-electron chi connectivity index (χ0n) is 44.8. The molecule has 4 aliphatic carbocycles. The molecule has 72 heavy (non-hydrogen) atoms. The summed E-state index contributed by atoms with van der Waals surface area (Å²) < 4.78 is 2.69. The van der Waals surface area contributed by atoms with Gasteiger partial charge in [0.2, 0.25) is 0 Å². The van der Waals surface area contributed by atoms with Crippen LogP contribution in [0.3, 0.4) is 0 Å². The number of hydrogen-bond donors (Lipinski definition) is 1. The number of nitrogens with one attached hydrogen (secondary N) is 1. The first kappa shape index (κ1) is 44.2. The lowest BCUT2D eigenvalue weighted by Crippen LogP contribution is -2.38. The first-order valence-corrected chi connectivity index (χ1v) is 26.8. The summed E-state index contributed by atoms with van der Waals surface area (Å²) >= 11 is 0. The van der Waals surface area contributed by atoms with Crippen LogP contribution in [0.25, 0.3) is 72.0 Å². The zero-order chi connectivity index (χ0) is 50.0. The van der Waals surface area contributed by atoms with Crippen LogP contribution in [-0.2, 0) is 32.5 Å². The van der Waals surface area contributed by atoms with Crippen LogP contribution in [0.1, 0.15) is 153 Å². The molecular formula is C69H67BN2. The van der Waals surface area contributed by atoms with Crippen LogP contribution in [0, 0.1) is 0 Å². The number of hydrogen-bond acceptors (Lipinski definition) is 1. The third-order valence-electron chi connectivity index (χ3n) is 19.2. The molecule has 1 N–H and O–H groups in total. The molecule has 0 atom stereocenters. The fourth-order valence-electron chi connectivity index (χ4n) is 14.7. The van der Waals surface area contributed by atoms with Crippen LogP contribution in [0.2, 0.25) is 0 Å². The number of aromatic nitrogens is 1. The van der Waals surface area contributed by atoms with E-state index in [4.69, 9.17) is 0 Å². The Labute approximate surface area is 428 Å². The van der Waals surface area contributed by atoms with Gasteiger partial charge in [-0.1, -0.05) is 180 Å². The number of benzene rings is 8. The van der Waals surface area contributed by atoms with Gasteiger partial charge in [-0.15, -0.1) is 0 Å². The monoisotopic (exact) mass is 935 g/mol. The van der Waals surface area contributed by atoms with Crippen molar-refractivity contribution in [1.82, 2.24) is 4.57 Å². The van der Waals surface area contributed by atoms with E-state index in [0.717, 1.165) is 18.7 Å². The van der Waals surface area contributed by atoms with E-state index in [9.17, 15) is 0 Å². The molecule has 0 bridgehead atoms. The Hall–Kier alpha value is -6.58. The topological polar surface area (TPSA) is 17.0 Å². The molecule has 0 spiro atoms. The third kappa shape index (κ3) is 5.74. The Kier molecular flexibility index (Phi) is 8.54. The molecule has 0 saturated heterocycles. The van der Waals surface area contributed by atoms with Crippen LogP contribution < -0.4 is 16.2 Å². The van der Waals surface area contributed by atoms with E-state index in [-0.39, 0.29) is 32.5 Å². The van der Waals surface area contributed by atoms with Gasteiger partial charge >= 0.3 is 0 Å². The van der Waals surface area contributed by atoms with E-state index in [2.05, 4.69) is 233 Å². The standard InChI is InChI=1S/C69H67BN2/c1-64(2,3)38-22-24-39(25-23-38)71-59-37-55-44(45-31-56-57(35-53(45)69(55,12)13)66(6,7)29-28-65(56,4)5)30-48(59)42-26-27-43-49-32-52-46(40-18-14-16-20-50(40)67(52,8)9)33-60(49)72-61-34-47-41-19-15-17-21-51(41)68(10,11)54(47)36-58(61)70-62(42)63(43)72/h14-27,30-37,70-71H,28-29H2,1-13H3. The predicted molar refractivity (Wildman–Crippen MR) is 309 cm³/mol. The molecule has 0 radical (unpaired) electrons. The zero-order valence-corrected chi connectivity index (χ0v) is 44.8. The second-order valence-electron chi connectivity index (χ2n) is 26.5. The van der Waals surface area contributed by atoms with Crippen LogP contribution in [0.15, 0.2) is 133 Å². The fraction of sp³-hybridized carbons (Fsp3) is 0.304. The van der Waals surface area contributed by atoms with Gasteiger partial charge in [0.1, 0.15) is 0 Å². The lowest BCUT2D eigenvalue weighted by molar-refractivity contribution is 0.331. The number of nitrogens with zero attached hydrogens (tertiary/aromatic N) is 1. The summed E-state index contributed by atoms with van der Waals surface area (Å²) in [6, 6.07) is 53.0. The van der Waals surface area contributed by atoms with Crippen molar-refractivity contribution in [3.8, 4) is 50.2 Å². The second kappa shape index (κ2) is 13.9. The van der Waals surface area contributed by atoms with Crippen molar-refractivity contribution in [1.29, 1.82) is 0 Å². The molecule has 14 rings (SSSR count). The highest BCUT2D eigenvalue weighted by Crippen LogP contribution is 2.57. The maximum Gasteiger partial charge on any atom is 0.198 e. The van der Waals surface area contributed by atoms with E-state index in [0.29, 0.717) is 0 Å². The van der Waals surface area contributed by atoms with E-state index in [1.807, 2.05) is 0 Å². The highest BCUT2D eigenvalue weighted by atomic mass is 15.0. The fourth-order valence-corrected chi connectivity index (χ4v) is 14.7. The Balaban J connectivity index is 1.06. The van der Waals surface area contributed by atoms with E-state index in [1.54, 1.807) is 0 Å². The molecular weight excluding hydrogens is 868 g/mol. The smallest absolute Gasteiger partial charge is 0.198 e. The van der Waals surface area contributed by atoms with Crippen molar-refractivity contribution in [3.63, 3.8) is 0 Å². The average Bonchev–Trinajstić information content (AvgIpc) is 3.95. The summed E-state index contributed by atoms with van der Waals surface area (Å²) in [4.78, 5) is 0. The SMILES string of the molecule is CC(C)(C)c1ccc(Nc2cc3c(cc2-c2ccc4c5cc6c(cc5n5c4c2Bc2cc4c(cc2-5)-c2ccccc2C4(C)C)-c2ccccc2C6(C)C)-c2cc4c(cc2C3(C)C)C(C)(C)CCC4(C)C)cc1. The Bertz CT molecular complexity index is 3910. The highest BCUT2D eigenvalue weighted by Gasteiger charge is 2.44. The molecule has 3 heteroatoms. The van der Waals surface area contributed by atoms with Gasteiger partial charge in [-0.3, -0.25) is 0 Å². The Morgan fingerprint density at radius 3 is 1.64 bits per heavy atom. The van der Waals surface area contributed by atoms with Crippen molar-refractivity contribution < 1.29 is 0 Å². The molecule has 8 aromatic carbocycles. The minimum absolute atomic E-state index is 0.0690. The van der Waals surface area contributed by atoms with Crippen LogP contribution in [-0.4, -0.2) is 11.8 Å². The largest absolute Gasteiger partial charge is 0.355 e. The van der Waals surface area contributed by atoms with Gasteiger partial charge in [0.25, 0.3) is 0 Å². The molecule has 0 saturated carbocycles. The second-order valence-corrected chi connectivity index (χ2v) is 26.5. The molecule has 0 fully saturated rings. The number of rotatable bonds is 3. The van der Waals surface area contributed by atoms with Crippen molar-refractivity contribution in [2.24, 2.45) is 0 Å². The normalized spacial score (nSPS) is 18.1. The van der Waals surface area contributed by atoms with Crippen LogP contribution in [0.4, 0.5) is 11.4 Å². The molecule has 5 aliphatic rings. The summed E-state index contributed by atoms with van der Waals surface area (Å²) in [5.74, 6) is 0. The average molecular weight is 935 g/mol. The van der Waals surface area contributed by atoms with Gasteiger partial charge in [-0.2, -0.15) is 0 Å². The maximum absolute atomic E-state index is 4.10. The number of anilines is 2. The minimum Gasteiger partial charge on any atom is -0.355 e. The maximum atomic E-state index is 4.10. The van der Waals surface area contributed by atoms with Crippen molar-refractivity contribution in [2.45, 2.75) is 135 Å². The predicted octanol–water partition coefficient (Wildman–Crippen LogP) is 16.5. The van der Waals surface area contributed by atoms with E-state index >= 15 is 0 Å². The molecule has 0 amide bonds. The summed E-state index contributed by atoms with van der Waals surface area (Å²) in [5.41, 5.74) is 32.7. The Morgan fingerprint density at radius 1 is 0.444 bits per heavy atom. The van der Waals surface area contributed by atoms with Crippen molar-refractivity contribution in [3.05, 3.63) is 184 Å².